The van der Waals surface area contributed by atoms with Gasteiger partial charge in [-0.3, -0.25) is 10.1 Å². The first-order valence-electron chi connectivity index (χ1n) is 6.06. The van der Waals surface area contributed by atoms with Crippen LogP contribution in [0.25, 0.3) is 0 Å². The van der Waals surface area contributed by atoms with Crippen LogP contribution in [0.15, 0.2) is 12.1 Å². The molecule has 17 heavy (non-hydrogen) atoms. The van der Waals surface area contributed by atoms with Gasteiger partial charge in [0.05, 0.1) is 0 Å². The van der Waals surface area contributed by atoms with Gasteiger partial charge < -0.3 is 5.11 Å². The van der Waals surface area contributed by atoms with E-state index in [0.717, 1.165) is 24.0 Å². The molecule has 92 valence electrons. The molecule has 2 N–H and O–H groups in total. The maximum Gasteiger partial charge on any atom is 0.325 e. The van der Waals surface area contributed by atoms with Gasteiger partial charge in [0, 0.05) is 6.04 Å². The minimum Gasteiger partial charge on any atom is -0.480 e. The normalized spacial score (nSPS) is 16.9. The van der Waals surface area contributed by atoms with E-state index in [1.165, 1.54) is 11.1 Å². The molecule has 0 spiro atoms. The van der Waals surface area contributed by atoms with Crippen LogP contribution in [0.4, 0.5) is 0 Å². The maximum absolute atomic E-state index is 11.3. The summed E-state index contributed by atoms with van der Waals surface area (Å²) in [6.45, 7) is 6.10. The number of aryl methyl sites for hydroxylation is 1. The lowest BCUT2D eigenvalue weighted by Gasteiger charge is -2.19. The smallest absolute Gasteiger partial charge is 0.325 e. The highest BCUT2D eigenvalue weighted by Crippen LogP contribution is 2.28. The van der Waals surface area contributed by atoms with Crippen molar-refractivity contribution in [1.29, 1.82) is 0 Å². The lowest BCUT2D eigenvalue weighted by molar-refractivity contribution is -0.139. The standard InChI is InChI=1S/C14H19NO2/c1-8-4-7-12(10(3)9(8)2)13(14(16)17)15-11-5-6-11/h4,7,11,13,15H,5-6H2,1-3H3,(H,16,17). The Labute approximate surface area is 102 Å². The van der Waals surface area contributed by atoms with Gasteiger partial charge in [0.15, 0.2) is 0 Å². The molecule has 1 aliphatic rings. The predicted octanol–water partition coefficient (Wildman–Crippen LogP) is 2.49. The molecule has 1 aliphatic carbocycles. The second-order valence-electron chi connectivity index (χ2n) is 4.93. The number of rotatable bonds is 4. The first-order valence-corrected chi connectivity index (χ1v) is 6.06. The quantitative estimate of drug-likeness (QED) is 0.840. The molecular formula is C14H19NO2. The summed E-state index contributed by atoms with van der Waals surface area (Å²) < 4.78 is 0. The number of carboxylic acids is 1. The summed E-state index contributed by atoms with van der Waals surface area (Å²) in [5.41, 5.74) is 4.38. The molecule has 0 bridgehead atoms. The van der Waals surface area contributed by atoms with Crippen LogP contribution >= 0.6 is 0 Å². The average Bonchev–Trinajstić information content (AvgIpc) is 3.07. The second kappa shape index (κ2) is 4.49. The Bertz CT molecular complexity index is 450. The molecule has 1 aromatic rings. The number of carboxylic acid groups (broad SMARTS) is 1. The zero-order valence-electron chi connectivity index (χ0n) is 10.6. The highest BCUT2D eigenvalue weighted by Gasteiger charge is 2.30. The van der Waals surface area contributed by atoms with E-state index < -0.39 is 12.0 Å². The molecule has 1 unspecified atom stereocenters. The van der Waals surface area contributed by atoms with Gasteiger partial charge in [-0.1, -0.05) is 12.1 Å². The summed E-state index contributed by atoms with van der Waals surface area (Å²) in [5.74, 6) is -0.789. The van der Waals surface area contributed by atoms with Crippen molar-refractivity contribution >= 4 is 5.97 Å². The van der Waals surface area contributed by atoms with Crippen LogP contribution in [-0.2, 0) is 4.79 Å². The third kappa shape index (κ3) is 2.50. The molecule has 1 atom stereocenters. The third-order valence-electron chi connectivity index (χ3n) is 3.64. The molecule has 0 heterocycles. The largest absolute Gasteiger partial charge is 0.480 e. The SMILES string of the molecule is Cc1ccc(C(NC2CC2)C(=O)O)c(C)c1C. The summed E-state index contributed by atoms with van der Waals surface area (Å²) in [6, 6.07) is 3.76. The molecule has 0 saturated heterocycles. The van der Waals surface area contributed by atoms with E-state index in [4.69, 9.17) is 0 Å². The summed E-state index contributed by atoms with van der Waals surface area (Å²) in [4.78, 5) is 11.3. The molecule has 1 aromatic carbocycles. The van der Waals surface area contributed by atoms with Gasteiger partial charge in [0.2, 0.25) is 0 Å². The highest BCUT2D eigenvalue weighted by atomic mass is 16.4. The van der Waals surface area contributed by atoms with Gasteiger partial charge in [-0.25, -0.2) is 0 Å². The summed E-state index contributed by atoms with van der Waals surface area (Å²) in [6.07, 6.45) is 2.18. The molecule has 2 rings (SSSR count). The molecule has 3 nitrogen and oxygen atoms in total. The lowest BCUT2D eigenvalue weighted by atomic mass is 9.94. The Kier molecular flexibility index (Phi) is 3.20. The van der Waals surface area contributed by atoms with Crippen molar-refractivity contribution in [1.82, 2.24) is 5.32 Å². The van der Waals surface area contributed by atoms with Crippen molar-refractivity contribution in [3.63, 3.8) is 0 Å². The van der Waals surface area contributed by atoms with Crippen LogP contribution in [0.5, 0.6) is 0 Å². The Hall–Kier alpha value is -1.35. The Morgan fingerprint density at radius 1 is 1.29 bits per heavy atom. The molecule has 0 aromatic heterocycles. The summed E-state index contributed by atoms with van der Waals surface area (Å²) >= 11 is 0. The van der Waals surface area contributed by atoms with Crippen molar-refractivity contribution in [2.75, 3.05) is 0 Å². The number of aliphatic carboxylic acids is 1. The predicted molar refractivity (Wildman–Crippen MR) is 67.2 cm³/mol. The van der Waals surface area contributed by atoms with Crippen molar-refractivity contribution in [3.05, 3.63) is 34.4 Å². The number of hydrogen-bond acceptors (Lipinski definition) is 2. The van der Waals surface area contributed by atoms with Crippen LogP contribution in [0.2, 0.25) is 0 Å². The van der Waals surface area contributed by atoms with Gasteiger partial charge in [-0.05, 0) is 55.9 Å². The van der Waals surface area contributed by atoms with E-state index in [1.807, 2.05) is 26.0 Å². The number of hydrogen-bond donors (Lipinski definition) is 2. The fraction of sp³-hybridized carbons (Fsp3) is 0.500. The Morgan fingerprint density at radius 2 is 1.94 bits per heavy atom. The van der Waals surface area contributed by atoms with Crippen LogP contribution in [0, 0.1) is 20.8 Å². The Balaban J connectivity index is 2.34. The Morgan fingerprint density at radius 3 is 2.47 bits per heavy atom. The van der Waals surface area contributed by atoms with Crippen LogP contribution in [0.1, 0.15) is 41.1 Å². The van der Waals surface area contributed by atoms with Crippen LogP contribution < -0.4 is 5.32 Å². The first-order chi connectivity index (χ1) is 8.00. The minimum absolute atomic E-state index is 0.386. The monoisotopic (exact) mass is 233 g/mol. The topological polar surface area (TPSA) is 49.3 Å². The molecule has 0 amide bonds. The van der Waals surface area contributed by atoms with E-state index in [0.29, 0.717) is 6.04 Å². The van der Waals surface area contributed by atoms with Crippen LogP contribution in [-0.4, -0.2) is 17.1 Å². The zero-order chi connectivity index (χ0) is 12.6. The van der Waals surface area contributed by atoms with Crippen molar-refractivity contribution < 1.29 is 9.90 Å². The van der Waals surface area contributed by atoms with Gasteiger partial charge >= 0.3 is 5.97 Å². The molecule has 0 aliphatic heterocycles. The molecule has 1 fully saturated rings. The molecule has 0 radical (unpaired) electrons. The van der Waals surface area contributed by atoms with E-state index >= 15 is 0 Å². The van der Waals surface area contributed by atoms with Gasteiger partial charge in [0.25, 0.3) is 0 Å². The van der Waals surface area contributed by atoms with Gasteiger partial charge in [-0.2, -0.15) is 0 Å². The van der Waals surface area contributed by atoms with E-state index in [1.54, 1.807) is 0 Å². The molecular weight excluding hydrogens is 214 g/mol. The number of carbonyl (C=O) groups is 1. The van der Waals surface area contributed by atoms with E-state index in [-0.39, 0.29) is 0 Å². The fourth-order valence-electron chi connectivity index (χ4n) is 2.07. The van der Waals surface area contributed by atoms with Crippen LogP contribution in [0.3, 0.4) is 0 Å². The van der Waals surface area contributed by atoms with Crippen molar-refractivity contribution in [3.8, 4) is 0 Å². The number of benzene rings is 1. The summed E-state index contributed by atoms with van der Waals surface area (Å²) in [5, 5.41) is 12.5. The van der Waals surface area contributed by atoms with Gasteiger partial charge in [0.1, 0.15) is 6.04 Å². The first kappa shape index (κ1) is 12.1. The average molecular weight is 233 g/mol. The highest BCUT2D eigenvalue weighted by molar-refractivity contribution is 5.76. The second-order valence-corrected chi connectivity index (χ2v) is 4.93. The van der Waals surface area contributed by atoms with E-state index in [2.05, 4.69) is 12.2 Å². The fourth-order valence-corrected chi connectivity index (χ4v) is 2.07. The summed E-state index contributed by atoms with van der Waals surface area (Å²) in [7, 11) is 0. The zero-order valence-corrected chi connectivity index (χ0v) is 10.6. The van der Waals surface area contributed by atoms with E-state index in [9.17, 15) is 9.90 Å². The van der Waals surface area contributed by atoms with Crippen molar-refractivity contribution in [2.45, 2.75) is 45.7 Å². The lowest BCUT2D eigenvalue weighted by Crippen LogP contribution is -2.30. The molecule has 3 heteroatoms. The maximum atomic E-state index is 11.3. The van der Waals surface area contributed by atoms with Crippen molar-refractivity contribution in [2.24, 2.45) is 0 Å². The van der Waals surface area contributed by atoms with Gasteiger partial charge in [-0.15, -0.1) is 0 Å². The molecule has 1 saturated carbocycles. The number of nitrogens with one attached hydrogen (secondary N) is 1. The third-order valence-corrected chi connectivity index (χ3v) is 3.64. The minimum atomic E-state index is -0.789.